The van der Waals surface area contributed by atoms with Crippen molar-refractivity contribution in [1.29, 1.82) is 0 Å². The summed E-state index contributed by atoms with van der Waals surface area (Å²) in [6, 6.07) is 14.1. The lowest BCUT2D eigenvalue weighted by Crippen LogP contribution is -1.97. The Kier molecular flexibility index (Phi) is 3.70. The number of benzene rings is 2. The SMILES string of the molecule is Fc1ccccc1Cc1cnc2c(-c3ccccc3Cl)[nH]nc2n1. The normalized spacial score (nSPS) is 11.1. The van der Waals surface area contributed by atoms with Gasteiger partial charge in [-0.1, -0.05) is 48.0 Å². The van der Waals surface area contributed by atoms with Crippen molar-refractivity contribution in [1.82, 2.24) is 20.2 Å². The molecule has 0 amide bonds. The molecule has 0 aliphatic heterocycles. The van der Waals surface area contributed by atoms with Gasteiger partial charge in [-0.2, -0.15) is 5.10 Å². The van der Waals surface area contributed by atoms with E-state index in [1.54, 1.807) is 24.4 Å². The maximum atomic E-state index is 13.8. The van der Waals surface area contributed by atoms with Gasteiger partial charge in [0.25, 0.3) is 0 Å². The molecule has 4 rings (SSSR count). The molecule has 0 atom stereocenters. The van der Waals surface area contributed by atoms with Gasteiger partial charge >= 0.3 is 0 Å². The molecule has 0 spiro atoms. The van der Waals surface area contributed by atoms with Gasteiger partial charge in [0.1, 0.15) is 11.3 Å². The minimum atomic E-state index is -0.252. The van der Waals surface area contributed by atoms with Crippen molar-refractivity contribution in [3.8, 4) is 11.3 Å². The van der Waals surface area contributed by atoms with Crippen molar-refractivity contribution in [3.05, 3.63) is 76.8 Å². The molecule has 6 heteroatoms. The number of hydrogen-bond donors (Lipinski definition) is 1. The predicted octanol–water partition coefficient (Wildman–Crippen LogP) is 4.40. The van der Waals surface area contributed by atoms with E-state index in [1.165, 1.54) is 6.07 Å². The lowest BCUT2D eigenvalue weighted by Gasteiger charge is -2.03. The smallest absolute Gasteiger partial charge is 0.200 e. The number of hydrogen-bond acceptors (Lipinski definition) is 3. The summed E-state index contributed by atoms with van der Waals surface area (Å²) >= 11 is 6.23. The molecule has 0 aliphatic rings. The zero-order valence-corrected chi connectivity index (χ0v) is 13.3. The van der Waals surface area contributed by atoms with Crippen molar-refractivity contribution in [2.24, 2.45) is 0 Å². The average Bonchev–Trinajstić information content (AvgIpc) is 3.00. The van der Waals surface area contributed by atoms with Crippen LogP contribution in [0, 0.1) is 5.82 Å². The van der Waals surface area contributed by atoms with E-state index in [0.29, 0.717) is 33.9 Å². The van der Waals surface area contributed by atoms with Gasteiger partial charge in [-0.05, 0) is 17.7 Å². The molecular weight excluding hydrogens is 327 g/mol. The Bertz CT molecular complexity index is 1030. The van der Waals surface area contributed by atoms with Gasteiger partial charge in [0.2, 0.25) is 5.65 Å². The summed E-state index contributed by atoms with van der Waals surface area (Å²) in [7, 11) is 0. The van der Waals surface area contributed by atoms with E-state index in [4.69, 9.17) is 11.6 Å². The lowest BCUT2D eigenvalue weighted by atomic mass is 10.1. The Labute approximate surface area is 142 Å². The van der Waals surface area contributed by atoms with E-state index in [2.05, 4.69) is 20.2 Å². The summed E-state index contributed by atoms with van der Waals surface area (Å²) in [5, 5.41) is 7.76. The third-order valence-electron chi connectivity index (χ3n) is 3.79. The zero-order chi connectivity index (χ0) is 16.5. The van der Waals surface area contributed by atoms with Gasteiger partial charge < -0.3 is 0 Å². The number of rotatable bonds is 3. The van der Waals surface area contributed by atoms with Gasteiger partial charge in [0.05, 0.1) is 16.4 Å². The first-order chi connectivity index (χ1) is 11.7. The molecule has 4 aromatic rings. The summed E-state index contributed by atoms with van der Waals surface area (Å²) in [4.78, 5) is 8.92. The molecule has 2 aromatic heterocycles. The first-order valence-corrected chi connectivity index (χ1v) is 7.78. The zero-order valence-electron chi connectivity index (χ0n) is 12.5. The number of halogens is 2. The Morgan fingerprint density at radius 3 is 2.67 bits per heavy atom. The monoisotopic (exact) mass is 338 g/mol. The summed E-state index contributed by atoms with van der Waals surface area (Å²) < 4.78 is 13.8. The fraction of sp³-hybridized carbons (Fsp3) is 0.0556. The fourth-order valence-corrected chi connectivity index (χ4v) is 2.83. The van der Waals surface area contributed by atoms with Crippen LogP contribution >= 0.6 is 11.6 Å². The van der Waals surface area contributed by atoms with Crippen LogP contribution < -0.4 is 0 Å². The number of nitrogens with zero attached hydrogens (tertiary/aromatic N) is 3. The van der Waals surface area contributed by atoms with E-state index < -0.39 is 0 Å². The van der Waals surface area contributed by atoms with E-state index in [1.807, 2.05) is 24.3 Å². The Balaban J connectivity index is 1.73. The van der Waals surface area contributed by atoms with E-state index >= 15 is 0 Å². The summed E-state index contributed by atoms with van der Waals surface area (Å²) in [5.41, 5.74) is 3.90. The van der Waals surface area contributed by atoms with Crippen LogP contribution in [0.1, 0.15) is 11.3 Å². The third-order valence-corrected chi connectivity index (χ3v) is 4.12. The highest BCUT2D eigenvalue weighted by atomic mass is 35.5. The quantitative estimate of drug-likeness (QED) is 0.602. The molecule has 2 aromatic carbocycles. The minimum absolute atomic E-state index is 0.252. The van der Waals surface area contributed by atoms with Crippen molar-refractivity contribution in [2.75, 3.05) is 0 Å². The molecule has 0 fully saturated rings. The average molecular weight is 339 g/mol. The van der Waals surface area contributed by atoms with Crippen LogP contribution in [-0.2, 0) is 6.42 Å². The molecule has 0 bridgehead atoms. The van der Waals surface area contributed by atoms with Gasteiger partial charge in [-0.15, -0.1) is 0 Å². The maximum Gasteiger partial charge on any atom is 0.200 e. The molecule has 24 heavy (non-hydrogen) atoms. The van der Waals surface area contributed by atoms with Crippen molar-refractivity contribution >= 4 is 22.8 Å². The molecule has 0 unspecified atom stereocenters. The Morgan fingerprint density at radius 2 is 1.83 bits per heavy atom. The van der Waals surface area contributed by atoms with Crippen LogP contribution in [0.15, 0.2) is 54.7 Å². The fourth-order valence-electron chi connectivity index (χ4n) is 2.60. The topological polar surface area (TPSA) is 54.5 Å². The molecule has 1 N–H and O–H groups in total. The molecule has 0 saturated heterocycles. The second-order valence-electron chi connectivity index (χ2n) is 5.38. The second kappa shape index (κ2) is 6.02. The highest BCUT2D eigenvalue weighted by Crippen LogP contribution is 2.30. The van der Waals surface area contributed by atoms with E-state index in [9.17, 15) is 4.39 Å². The van der Waals surface area contributed by atoms with Gasteiger partial charge in [-0.25, -0.2) is 14.4 Å². The third kappa shape index (κ3) is 2.63. The molecule has 4 nitrogen and oxygen atoms in total. The predicted molar refractivity (Wildman–Crippen MR) is 91.3 cm³/mol. The van der Waals surface area contributed by atoms with E-state index in [0.717, 1.165) is 11.3 Å². The molecule has 0 saturated carbocycles. The standard InChI is InChI=1S/C18H12ClFN4/c19-14-7-3-2-6-13(14)16-17-18(24-23-16)22-12(10-21-17)9-11-5-1-4-8-15(11)20/h1-8,10H,9H2,(H,22,23,24). The van der Waals surface area contributed by atoms with Crippen molar-refractivity contribution < 1.29 is 4.39 Å². The van der Waals surface area contributed by atoms with E-state index in [-0.39, 0.29) is 5.82 Å². The molecule has 118 valence electrons. The first-order valence-electron chi connectivity index (χ1n) is 7.40. The molecule has 0 aliphatic carbocycles. The summed E-state index contributed by atoms with van der Waals surface area (Å²) in [6.45, 7) is 0. The van der Waals surface area contributed by atoms with Gasteiger partial charge in [0.15, 0.2) is 0 Å². The number of nitrogens with one attached hydrogen (secondary N) is 1. The summed E-state index contributed by atoms with van der Waals surface area (Å²) in [5.74, 6) is -0.252. The van der Waals surface area contributed by atoms with Crippen molar-refractivity contribution in [3.63, 3.8) is 0 Å². The van der Waals surface area contributed by atoms with Gasteiger partial charge in [-0.3, -0.25) is 5.10 Å². The van der Waals surface area contributed by atoms with Crippen LogP contribution in [0.3, 0.4) is 0 Å². The van der Waals surface area contributed by atoms with Crippen molar-refractivity contribution in [2.45, 2.75) is 6.42 Å². The highest BCUT2D eigenvalue weighted by Gasteiger charge is 2.14. The van der Waals surface area contributed by atoms with Crippen LogP contribution in [-0.4, -0.2) is 20.2 Å². The second-order valence-corrected chi connectivity index (χ2v) is 5.79. The number of H-pyrrole nitrogens is 1. The van der Waals surface area contributed by atoms with Crippen LogP contribution in [0.25, 0.3) is 22.4 Å². The maximum absolute atomic E-state index is 13.8. The number of aromatic nitrogens is 4. The number of aromatic amines is 1. The molecular formula is C18H12ClFN4. The molecule has 0 radical (unpaired) electrons. The lowest BCUT2D eigenvalue weighted by molar-refractivity contribution is 0.613. The van der Waals surface area contributed by atoms with Gasteiger partial charge in [0, 0.05) is 18.2 Å². The Morgan fingerprint density at radius 1 is 1.04 bits per heavy atom. The van der Waals surface area contributed by atoms with Crippen LogP contribution in [0.4, 0.5) is 4.39 Å². The number of fused-ring (bicyclic) bond motifs is 1. The summed E-state index contributed by atoms with van der Waals surface area (Å²) in [6.07, 6.45) is 2.01. The molecule has 2 heterocycles. The van der Waals surface area contributed by atoms with Crippen LogP contribution in [0.5, 0.6) is 0 Å². The highest BCUT2D eigenvalue weighted by molar-refractivity contribution is 6.33. The largest absolute Gasteiger partial charge is 0.273 e. The van der Waals surface area contributed by atoms with Crippen LogP contribution in [0.2, 0.25) is 5.02 Å². The first kappa shape index (κ1) is 14.8. The Hall–Kier alpha value is -2.79. The minimum Gasteiger partial charge on any atom is -0.273 e.